The first-order chi connectivity index (χ1) is 11.6. The number of hydrogen-bond acceptors (Lipinski definition) is 2. The lowest BCUT2D eigenvalue weighted by Gasteiger charge is -2.46. The first-order valence-electron chi connectivity index (χ1n) is 9.99. The van der Waals surface area contributed by atoms with Gasteiger partial charge in [-0.1, -0.05) is 0 Å². The number of carbonyl (C=O) groups is 1. The molecule has 0 aromatic carbocycles. The van der Waals surface area contributed by atoms with Crippen LogP contribution in [0.2, 0.25) is 0 Å². The van der Waals surface area contributed by atoms with Crippen molar-refractivity contribution >= 4 is 6.09 Å². The second kappa shape index (κ2) is 6.70. The number of amides is 1. The maximum absolute atomic E-state index is 13.8. The second-order valence-corrected chi connectivity index (χ2v) is 9.51. The van der Waals surface area contributed by atoms with Gasteiger partial charge in [0.1, 0.15) is 5.60 Å². The Hall–Kier alpha value is -0.870. The standard InChI is InChI=1S/C20H33F2NO2/c1-18(2,3)25-17(24)23-13-5-9-19(23)11-7-15(8-12-19)16-6-4-10-20(21,22)14-16/h15-16H,4-14H2,1-3H3. The van der Waals surface area contributed by atoms with Gasteiger partial charge in [-0.25, -0.2) is 13.6 Å². The molecule has 5 heteroatoms. The van der Waals surface area contributed by atoms with Crippen LogP contribution in [0.4, 0.5) is 13.6 Å². The molecule has 3 fully saturated rings. The number of hydrogen-bond donors (Lipinski definition) is 0. The molecule has 3 rings (SSSR count). The first kappa shape index (κ1) is 18.9. The molecule has 2 aliphatic carbocycles. The molecule has 1 spiro atoms. The molecule has 3 nitrogen and oxygen atoms in total. The molecule has 1 amide bonds. The van der Waals surface area contributed by atoms with Crippen LogP contribution in [0.5, 0.6) is 0 Å². The van der Waals surface area contributed by atoms with Gasteiger partial charge in [-0.15, -0.1) is 0 Å². The summed E-state index contributed by atoms with van der Waals surface area (Å²) < 4.78 is 33.1. The molecule has 0 aromatic heterocycles. The predicted octanol–water partition coefficient (Wildman–Crippen LogP) is 5.77. The Balaban J connectivity index is 1.61. The number of alkyl halides is 2. The molecule has 1 heterocycles. The average Bonchev–Trinajstić information content (AvgIpc) is 2.88. The zero-order chi connectivity index (χ0) is 18.3. The molecule has 144 valence electrons. The molecule has 1 atom stereocenters. The van der Waals surface area contributed by atoms with Gasteiger partial charge in [-0.05, 0) is 84.0 Å². The molecule has 0 N–H and O–H groups in total. The van der Waals surface area contributed by atoms with Gasteiger partial charge in [0, 0.05) is 24.9 Å². The molecule has 0 aromatic rings. The number of ether oxygens (including phenoxy) is 1. The molecular formula is C20H33F2NO2. The minimum atomic E-state index is -2.46. The summed E-state index contributed by atoms with van der Waals surface area (Å²) in [6, 6.07) is 0. The SMILES string of the molecule is CC(C)(C)OC(=O)N1CCCC12CCC(C1CCCC(F)(F)C1)CC2. The number of nitrogens with zero attached hydrogens (tertiary/aromatic N) is 1. The van der Waals surface area contributed by atoms with Crippen LogP contribution in [0.1, 0.15) is 85.0 Å². The van der Waals surface area contributed by atoms with Gasteiger partial charge in [0.15, 0.2) is 0 Å². The summed E-state index contributed by atoms with van der Waals surface area (Å²) in [5, 5.41) is 0. The van der Waals surface area contributed by atoms with Crippen molar-refractivity contribution in [3.8, 4) is 0 Å². The average molecular weight is 357 g/mol. The molecule has 0 bridgehead atoms. The highest BCUT2D eigenvalue weighted by atomic mass is 19.3. The van der Waals surface area contributed by atoms with Gasteiger partial charge in [-0.2, -0.15) is 0 Å². The molecule has 1 saturated heterocycles. The smallest absolute Gasteiger partial charge is 0.410 e. The van der Waals surface area contributed by atoms with Crippen LogP contribution in [0.15, 0.2) is 0 Å². The van der Waals surface area contributed by atoms with Crippen molar-refractivity contribution in [2.75, 3.05) is 6.54 Å². The molecule has 3 aliphatic rings. The van der Waals surface area contributed by atoms with E-state index in [0.29, 0.717) is 12.3 Å². The quantitative estimate of drug-likeness (QED) is 0.596. The van der Waals surface area contributed by atoms with Crippen molar-refractivity contribution < 1.29 is 18.3 Å². The third-order valence-electron chi connectivity index (χ3n) is 6.52. The van der Waals surface area contributed by atoms with E-state index in [4.69, 9.17) is 4.74 Å². The fourth-order valence-corrected chi connectivity index (χ4v) is 5.32. The summed E-state index contributed by atoms with van der Waals surface area (Å²) in [6.07, 6.45) is 7.41. The monoisotopic (exact) mass is 357 g/mol. The largest absolute Gasteiger partial charge is 0.444 e. The van der Waals surface area contributed by atoms with E-state index in [1.165, 1.54) is 0 Å². The fourth-order valence-electron chi connectivity index (χ4n) is 5.32. The molecule has 1 unspecified atom stereocenters. The third-order valence-corrected chi connectivity index (χ3v) is 6.52. The minimum absolute atomic E-state index is 0.0621. The van der Waals surface area contributed by atoms with Gasteiger partial charge < -0.3 is 9.64 Å². The normalized spacial score (nSPS) is 35.8. The lowest BCUT2D eigenvalue weighted by atomic mass is 9.67. The Bertz CT molecular complexity index is 492. The lowest BCUT2D eigenvalue weighted by molar-refractivity contribution is -0.0690. The maximum atomic E-state index is 13.8. The second-order valence-electron chi connectivity index (χ2n) is 9.51. The van der Waals surface area contributed by atoms with Crippen LogP contribution in [0, 0.1) is 11.8 Å². The Morgan fingerprint density at radius 3 is 2.28 bits per heavy atom. The lowest BCUT2D eigenvalue weighted by Crippen LogP contribution is -2.51. The van der Waals surface area contributed by atoms with Crippen molar-refractivity contribution in [1.82, 2.24) is 4.90 Å². The Morgan fingerprint density at radius 2 is 1.68 bits per heavy atom. The minimum Gasteiger partial charge on any atom is -0.444 e. The number of carbonyl (C=O) groups excluding carboxylic acids is 1. The van der Waals surface area contributed by atoms with Crippen LogP contribution in [-0.4, -0.2) is 34.6 Å². The van der Waals surface area contributed by atoms with Gasteiger partial charge >= 0.3 is 6.09 Å². The van der Waals surface area contributed by atoms with Crippen LogP contribution in [0.3, 0.4) is 0 Å². The molecule has 1 aliphatic heterocycles. The summed E-state index contributed by atoms with van der Waals surface area (Å²) >= 11 is 0. The molecule has 2 saturated carbocycles. The Morgan fingerprint density at radius 1 is 1.00 bits per heavy atom. The van der Waals surface area contributed by atoms with E-state index >= 15 is 0 Å². The Kier molecular flexibility index (Phi) is 5.06. The van der Waals surface area contributed by atoms with Crippen LogP contribution in [0.25, 0.3) is 0 Å². The van der Waals surface area contributed by atoms with E-state index in [2.05, 4.69) is 0 Å². The van der Waals surface area contributed by atoms with E-state index in [1.807, 2.05) is 25.7 Å². The summed E-state index contributed by atoms with van der Waals surface area (Å²) in [5.41, 5.74) is -0.568. The third kappa shape index (κ3) is 4.28. The summed E-state index contributed by atoms with van der Waals surface area (Å²) in [6.45, 7) is 6.45. The number of likely N-dealkylation sites (tertiary alicyclic amines) is 1. The van der Waals surface area contributed by atoms with Crippen LogP contribution in [-0.2, 0) is 4.74 Å². The van der Waals surface area contributed by atoms with Crippen molar-refractivity contribution in [3.05, 3.63) is 0 Å². The summed E-state index contributed by atoms with van der Waals surface area (Å²) in [5.74, 6) is -1.90. The van der Waals surface area contributed by atoms with E-state index in [1.54, 1.807) is 0 Å². The van der Waals surface area contributed by atoms with E-state index < -0.39 is 11.5 Å². The van der Waals surface area contributed by atoms with Crippen molar-refractivity contribution in [2.45, 2.75) is 102 Å². The highest BCUT2D eigenvalue weighted by molar-refractivity contribution is 5.69. The zero-order valence-corrected chi connectivity index (χ0v) is 16.0. The molecular weight excluding hydrogens is 324 g/mol. The Labute approximate surface area is 150 Å². The highest BCUT2D eigenvalue weighted by Crippen LogP contribution is 2.49. The van der Waals surface area contributed by atoms with Gasteiger partial charge in [-0.3, -0.25) is 0 Å². The van der Waals surface area contributed by atoms with Crippen molar-refractivity contribution in [3.63, 3.8) is 0 Å². The fraction of sp³-hybridized carbons (Fsp3) is 0.950. The van der Waals surface area contributed by atoms with E-state index in [-0.39, 0.29) is 30.4 Å². The first-order valence-corrected chi connectivity index (χ1v) is 9.99. The molecule has 0 radical (unpaired) electrons. The zero-order valence-electron chi connectivity index (χ0n) is 16.0. The van der Waals surface area contributed by atoms with E-state index in [9.17, 15) is 13.6 Å². The van der Waals surface area contributed by atoms with Crippen LogP contribution >= 0.6 is 0 Å². The van der Waals surface area contributed by atoms with Gasteiger partial charge in [0.25, 0.3) is 0 Å². The van der Waals surface area contributed by atoms with Crippen LogP contribution < -0.4 is 0 Å². The van der Waals surface area contributed by atoms with Gasteiger partial charge in [0.2, 0.25) is 5.92 Å². The topological polar surface area (TPSA) is 29.5 Å². The maximum Gasteiger partial charge on any atom is 0.410 e. The predicted molar refractivity (Wildman–Crippen MR) is 93.8 cm³/mol. The summed E-state index contributed by atoms with van der Waals surface area (Å²) in [4.78, 5) is 14.6. The number of halogens is 2. The van der Waals surface area contributed by atoms with Crippen molar-refractivity contribution in [2.24, 2.45) is 11.8 Å². The molecule has 25 heavy (non-hydrogen) atoms. The number of rotatable bonds is 1. The van der Waals surface area contributed by atoms with Gasteiger partial charge in [0.05, 0.1) is 0 Å². The summed E-state index contributed by atoms with van der Waals surface area (Å²) in [7, 11) is 0. The van der Waals surface area contributed by atoms with E-state index in [0.717, 1.165) is 51.5 Å². The highest BCUT2D eigenvalue weighted by Gasteiger charge is 2.49. The van der Waals surface area contributed by atoms with Crippen molar-refractivity contribution in [1.29, 1.82) is 0 Å².